The molecule has 1 aliphatic carbocycles. The number of carbonyl (C=O) groups excluding carboxylic acids is 1. The highest BCUT2D eigenvalue weighted by Crippen LogP contribution is 2.39. The summed E-state index contributed by atoms with van der Waals surface area (Å²) >= 11 is 6.94. The lowest BCUT2D eigenvalue weighted by molar-refractivity contribution is 0.0964. The quantitative estimate of drug-likeness (QED) is 0.643. The molecule has 1 aliphatic rings. The van der Waals surface area contributed by atoms with Crippen molar-refractivity contribution in [3.8, 4) is 11.4 Å². The van der Waals surface area contributed by atoms with Gasteiger partial charge in [-0.2, -0.15) is 5.10 Å². The van der Waals surface area contributed by atoms with Gasteiger partial charge >= 0.3 is 0 Å². The second-order valence-electron chi connectivity index (χ2n) is 5.71. The molecule has 7 heteroatoms. The minimum absolute atomic E-state index is 0.110. The molecular weight excluding hydrogens is 424 g/mol. The van der Waals surface area contributed by atoms with Crippen LogP contribution >= 0.6 is 31.9 Å². The Labute approximate surface area is 149 Å². The van der Waals surface area contributed by atoms with Gasteiger partial charge < -0.3 is 10.3 Å². The summed E-state index contributed by atoms with van der Waals surface area (Å²) in [6, 6.07) is 8.39. The van der Waals surface area contributed by atoms with E-state index in [2.05, 4.69) is 58.0 Å². The fourth-order valence-electron chi connectivity index (χ4n) is 2.82. The van der Waals surface area contributed by atoms with Gasteiger partial charge in [0.2, 0.25) is 0 Å². The van der Waals surface area contributed by atoms with Gasteiger partial charge in [0.25, 0.3) is 5.91 Å². The summed E-state index contributed by atoms with van der Waals surface area (Å²) in [6.07, 6.45) is 2.33. The molecule has 4 rings (SSSR count). The first-order valence-electron chi connectivity index (χ1n) is 7.36. The van der Waals surface area contributed by atoms with Crippen molar-refractivity contribution >= 4 is 48.7 Å². The molecule has 1 aromatic carbocycles. The molecule has 2 N–H and O–H groups in total. The number of hydrogen-bond acceptors (Lipinski definition) is 2. The molecule has 0 saturated heterocycles. The first-order valence-corrected chi connectivity index (χ1v) is 8.95. The van der Waals surface area contributed by atoms with Gasteiger partial charge in [-0.1, -0.05) is 15.9 Å². The highest BCUT2D eigenvalue weighted by molar-refractivity contribution is 9.10. The first kappa shape index (κ1) is 15.0. The third kappa shape index (κ3) is 2.61. The molecule has 0 aliphatic heterocycles. The fourth-order valence-corrected chi connectivity index (χ4v) is 3.69. The molecule has 118 valence electrons. The van der Waals surface area contributed by atoms with E-state index in [1.165, 1.54) is 0 Å². The second kappa shape index (κ2) is 5.49. The van der Waals surface area contributed by atoms with Gasteiger partial charge in [-0.3, -0.25) is 9.48 Å². The van der Waals surface area contributed by atoms with Crippen LogP contribution in [0.3, 0.4) is 0 Å². The van der Waals surface area contributed by atoms with Crippen molar-refractivity contribution in [1.29, 1.82) is 0 Å². The molecule has 23 heavy (non-hydrogen) atoms. The monoisotopic (exact) mass is 436 g/mol. The second-order valence-corrected chi connectivity index (χ2v) is 7.44. The zero-order chi connectivity index (χ0) is 16.1. The normalized spacial score (nSPS) is 14.4. The molecule has 1 fully saturated rings. The summed E-state index contributed by atoms with van der Waals surface area (Å²) < 4.78 is 3.76. The van der Waals surface area contributed by atoms with Gasteiger partial charge in [0, 0.05) is 23.0 Å². The number of nitrogens with one attached hydrogen (secondary N) is 2. The van der Waals surface area contributed by atoms with E-state index in [9.17, 15) is 4.79 Å². The maximum atomic E-state index is 12.1. The van der Waals surface area contributed by atoms with E-state index in [0.29, 0.717) is 11.6 Å². The van der Waals surface area contributed by atoms with E-state index in [1.807, 2.05) is 18.2 Å². The van der Waals surface area contributed by atoms with Crippen LogP contribution in [0.2, 0.25) is 0 Å². The van der Waals surface area contributed by atoms with Crippen molar-refractivity contribution in [3.63, 3.8) is 0 Å². The van der Waals surface area contributed by atoms with Crippen LogP contribution in [0.1, 0.15) is 29.2 Å². The van der Waals surface area contributed by atoms with Crippen molar-refractivity contribution in [2.75, 3.05) is 7.05 Å². The van der Waals surface area contributed by atoms with E-state index in [4.69, 9.17) is 0 Å². The Bertz CT molecular complexity index is 924. The zero-order valence-electron chi connectivity index (χ0n) is 12.4. The van der Waals surface area contributed by atoms with Crippen molar-refractivity contribution in [2.45, 2.75) is 18.9 Å². The largest absolute Gasteiger partial charge is 0.355 e. The molecule has 0 unspecified atom stereocenters. The fraction of sp³-hybridized carbons (Fsp3) is 0.250. The van der Waals surface area contributed by atoms with E-state index in [0.717, 1.165) is 44.2 Å². The topological polar surface area (TPSA) is 62.7 Å². The zero-order valence-corrected chi connectivity index (χ0v) is 15.5. The van der Waals surface area contributed by atoms with Crippen LogP contribution in [-0.2, 0) is 0 Å². The average molecular weight is 438 g/mol. The Morgan fingerprint density at radius 1 is 1.30 bits per heavy atom. The molecular formula is C16H14Br2N4O. The van der Waals surface area contributed by atoms with Gasteiger partial charge in [-0.15, -0.1) is 0 Å². The number of benzene rings is 1. The number of amides is 1. The van der Waals surface area contributed by atoms with Gasteiger partial charge in [0.05, 0.1) is 28.5 Å². The molecule has 0 spiro atoms. The van der Waals surface area contributed by atoms with Crippen LogP contribution in [-0.4, -0.2) is 27.7 Å². The predicted molar refractivity (Wildman–Crippen MR) is 96.6 cm³/mol. The van der Waals surface area contributed by atoms with Crippen molar-refractivity contribution < 1.29 is 4.79 Å². The minimum Gasteiger partial charge on any atom is -0.355 e. The summed E-state index contributed by atoms with van der Waals surface area (Å²) in [5, 5.41) is 8.22. The van der Waals surface area contributed by atoms with Crippen molar-refractivity contribution in [1.82, 2.24) is 20.1 Å². The SMILES string of the molecule is CNC(=O)c1cc(Br)cc2cc(-c3cc(Br)nn3C3CC3)[nH]c12. The number of nitrogens with zero attached hydrogens (tertiary/aromatic N) is 2. The summed E-state index contributed by atoms with van der Waals surface area (Å²) in [7, 11) is 1.64. The summed E-state index contributed by atoms with van der Waals surface area (Å²) in [4.78, 5) is 15.5. The lowest BCUT2D eigenvalue weighted by Crippen LogP contribution is -2.18. The van der Waals surface area contributed by atoms with Crippen molar-refractivity contribution in [2.24, 2.45) is 0 Å². The summed E-state index contributed by atoms with van der Waals surface area (Å²) in [5.41, 5.74) is 3.46. The molecule has 0 bridgehead atoms. The van der Waals surface area contributed by atoms with E-state index < -0.39 is 0 Å². The van der Waals surface area contributed by atoms with Crippen LogP contribution in [0.4, 0.5) is 0 Å². The van der Waals surface area contributed by atoms with Crippen molar-refractivity contribution in [3.05, 3.63) is 38.9 Å². The smallest absolute Gasteiger partial charge is 0.253 e. The van der Waals surface area contributed by atoms with Gasteiger partial charge in [-0.05, 0) is 47.0 Å². The molecule has 2 heterocycles. The summed E-state index contributed by atoms with van der Waals surface area (Å²) in [6.45, 7) is 0. The number of halogens is 2. The number of aromatic amines is 1. The van der Waals surface area contributed by atoms with Gasteiger partial charge in [-0.25, -0.2) is 0 Å². The number of fused-ring (bicyclic) bond motifs is 1. The Morgan fingerprint density at radius 2 is 2.09 bits per heavy atom. The van der Waals surface area contributed by atoms with E-state index in [1.54, 1.807) is 7.05 Å². The average Bonchev–Trinajstić information content (AvgIpc) is 3.17. The number of aromatic nitrogens is 3. The number of H-pyrrole nitrogens is 1. The minimum atomic E-state index is -0.110. The maximum absolute atomic E-state index is 12.1. The van der Waals surface area contributed by atoms with Crippen LogP contribution in [0.5, 0.6) is 0 Å². The van der Waals surface area contributed by atoms with E-state index >= 15 is 0 Å². The molecule has 2 aromatic heterocycles. The van der Waals surface area contributed by atoms with Crippen LogP contribution < -0.4 is 5.32 Å². The molecule has 1 amide bonds. The summed E-state index contributed by atoms with van der Waals surface area (Å²) in [5.74, 6) is -0.110. The third-order valence-corrected chi connectivity index (χ3v) is 4.88. The Hall–Kier alpha value is -1.60. The lowest BCUT2D eigenvalue weighted by Gasteiger charge is -2.04. The van der Waals surface area contributed by atoms with E-state index in [-0.39, 0.29) is 5.91 Å². The van der Waals surface area contributed by atoms with Gasteiger partial charge in [0.15, 0.2) is 0 Å². The highest BCUT2D eigenvalue weighted by atomic mass is 79.9. The number of rotatable bonds is 3. The lowest BCUT2D eigenvalue weighted by atomic mass is 10.1. The number of carbonyl (C=O) groups is 1. The predicted octanol–water partition coefficient (Wildman–Crippen LogP) is 4.25. The molecule has 5 nitrogen and oxygen atoms in total. The molecule has 0 atom stereocenters. The Morgan fingerprint density at radius 3 is 2.78 bits per heavy atom. The highest BCUT2D eigenvalue weighted by Gasteiger charge is 2.28. The van der Waals surface area contributed by atoms with Crippen LogP contribution in [0.15, 0.2) is 33.3 Å². The Kier molecular flexibility index (Phi) is 3.57. The molecule has 3 aromatic rings. The standard InChI is InChI=1S/C16H14Br2N4O/c1-19-16(23)11-6-9(17)4-8-5-12(20-15(8)11)13-7-14(18)21-22(13)10-2-3-10/h4-7,10,20H,2-3H2,1H3,(H,19,23). The third-order valence-electron chi connectivity index (χ3n) is 4.04. The number of hydrogen-bond donors (Lipinski definition) is 2. The molecule has 0 radical (unpaired) electrons. The van der Waals surface area contributed by atoms with Gasteiger partial charge in [0.1, 0.15) is 4.60 Å². The van der Waals surface area contributed by atoms with Crippen LogP contribution in [0, 0.1) is 0 Å². The first-order chi connectivity index (χ1) is 11.1. The maximum Gasteiger partial charge on any atom is 0.253 e. The molecule has 1 saturated carbocycles. The Balaban J connectivity index is 1.91. The van der Waals surface area contributed by atoms with Crippen LogP contribution in [0.25, 0.3) is 22.3 Å².